The number of piperazine rings is 3. The molecule has 4 heterocycles. The maximum atomic E-state index is 11.8. The van der Waals surface area contributed by atoms with Gasteiger partial charge in [0.2, 0.25) is 5.91 Å². The van der Waals surface area contributed by atoms with Crippen LogP contribution in [0.15, 0.2) is 4.99 Å². The lowest BCUT2D eigenvalue weighted by Gasteiger charge is -2.47. The molecule has 2 atom stereocenters. The van der Waals surface area contributed by atoms with Crippen LogP contribution in [0.25, 0.3) is 0 Å². The number of rotatable bonds is 5. The summed E-state index contributed by atoms with van der Waals surface area (Å²) in [5.74, 6) is 1.15. The van der Waals surface area contributed by atoms with E-state index >= 15 is 0 Å². The van der Waals surface area contributed by atoms with Crippen molar-refractivity contribution in [1.29, 1.82) is 0 Å². The topological polar surface area (TPSA) is 63.2 Å². The summed E-state index contributed by atoms with van der Waals surface area (Å²) in [6.45, 7) is 13.3. The van der Waals surface area contributed by atoms with E-state index in [1.54, 1.807) is 0 Å². The first-order chi connectivity index (χ1) is 11.7. The lowest BCUT2D eigenvalue weighted by atomic mass is 10.1. The van der Waals surface area contributed by atoms with Gasteiger partial charge in [-0.1, -0.05) is 6.92 Å². The summed E-state index contributed by atoms with van der Waals surface area (Å²) in [5.41, 5.74) is 0. The van der Waals surface area contributed by atoms with Crippen molar-refractivity contribution in [1.82, 2.24) is 25.3 Å². The number of nitrogens with zero attached hydrogens (tertiary/aromatic N) is 4. The Morgan fingerprint density at radius 3 is 2.48 bits per heavy atom. The maximum Gasteiger partial charge on any atom is 0.222 e. The smallest absolute Gasteiger partial charge is 0.222 e. The van der Waals surface area contributed by atoms with Crippen molar-refractivity contribution in [3.63, 3.8) is 0 Å². The van der Waals surface area contributed by atoms with E-state index in [0.717, 1.165) is 45.1 Å². The van der Waals surface area contributed by atoms with Gasteiger partial charge in [0, 0.05) is 70.9 Å². The molecule has 4 saturated heterocycles. The zero-order chi connectivity index (χ0) is 16.9. The van der Waals surface area contributed by atoms with Gasteiger partial charge in [0.25, 0.3) is 0 Å². The minimum absolute atomic E-state index is 0. The minimum Gasteiger partial charge on any atom is -0.357 e. The molecule has 25 heavy (non-hydrogen) atoms. The van der Waals surface area contributed by atoms with Crippen LogP contribution >= 0.6 is 24.0 Å². The van der Waals surface area contributed by atoms with Gasteiger partial charge in [-0.15, -0.1) is 24.0 Å². The molecule has 0 saturated carbocycles. The number of hydrogen-bond acceptors (Lipinski definition) is 4. The summed E-state index contributed by atoms with van der Waals surface area (Å²) in [7, 11) is 0. The largest absolute Gasteiger partial charge is 0.357 e. The number of guanidine groups is 1. The molecular formula is C17H33IN6O. The quantitative estimate of drug-likeness (QED) is 0.345. The van der Waals surface area contributed by atoms with Gasteiger partial charge >= 0.3 is 0 Å². The van der Waals surface area contributed by atoms with Crippen molar-refractivity contribution in [3.05, 3.63) is 0 Å². The number of fused-ring (bicyclic) bond motifs is 3. The Bertz CT molecular complexity index is 466. The van der Waals surface area contributed by atoms with Gasteiger partial charge in [-0.2, -0.15) is 0 Å². The highest BCUT2D eigenvalue weighted by atomic mass is 127. The van der Waals surface area contributed by atoms with Gasteiger partial charge < -0.3 is 15.5 Å². The molecule has 4 aliphatic rings. The summed E-state index contributed by atoms with van der Waals surface area (Å²) < 4.78 is 0. The van der Waals surface area contributed by atoms with Crippen LogP contribution in [0.2, 0.25) is 0 Å². The van der Waals surface area contributed by atoms with Gasteiger partial charge in [0.1, 0.15) is 0 Å². The minimum atomic E-state index is 0. The highest BCUT2D eigenvalue weighted by molar-refractivity contribution is 14.0. The molecule has 7 nitrogen and oxygen atoms in total. The molecule has 0 aliphatic carbocycles. The Morgan fingerprint density at radius 1 is 1.12 bits per heavy atom. The molecule has 4 fully saturated rings. The van der Waals surface area contributed by atoms with E-state index in [9.17, 15) is 4.79 Å². The second kappa shape index (κ2) is 9.91. The number of aliphatic imine (C=N–C) groups is 1. The van der Waals surface area contributed by atoms with Gasteiger partial charge in [0.15, 0.2) is 5.96 Å². The fourth-order valence-corrected chi connectivity index (χ4v) is 3.94. The number of hydrogen-bond donors (Lipinski definition) is 2. The third-order valence-corrected chi connectivity index (χ3v) is 5.38. The van der Waals surface area contributed by atoms with Crippen LogP contribution in [0.4, 0.5) is 0 Å². The van der Waals surface area contributed by atoms with Crippen molar-refractivity contribution in [2.24, 2.45) is 4.99 Å². The molecular weight excluding hydrogens is 431 g/mol. The summed E-state index contributed by atoms with van der Waals surface area (Å²) in [4.78, 5) is 23.7. The molecule has 2 unspecified atom stereocenters. The van der Waals surface area contributed by atoms with Crippen molar-refractivity contribution in [2.75, 3.05) is 58.9 Å². The molecule has 4 rings (SSSR count). The van der Waals surface area contributed by atoms with Crippen molar-refractivity contribution < 1.29 is 4.79 Å². The summed E-state index contributed by atoms with van der Waals surface area (Å²) >= 11 is 0. The lowest BCUT2D eigenvalue weighted by molar-refractivity contribution is -0.129. The first-order valence-corrected chi connectivity index (χ1v) is 9.48. The maximum absolute atomic E-state index is 11.8. The normalized spacial score (nSPS) is 31.6. The van der Waals surface area contributed by atoms with Crippen LogP contribution in [0, 0.1) is 0 Å². The molecule has 0 aromatic rings. The van der Waals surface area contributed by atoms with Crippen molar-refractivity contribution in [2.45, 2.75) is 38.8 Å². The Morgan fingerprint density at radius 2 is 1.88 bits per heavy atom. The standard InChI is InChI=1S/C17H32N6O.HI/c1-3-16(24)23-6-5-14(12-23)20-17(18-4-2)19-11-15-13-21-7-9-22(15)10-8-21;/h14-15H,3-13H2,1-2H3,(H2,18,19,20);1H. The highest BCUT2D eigenvalue weighted by Gasteiger charge is 2.31. The fraction of sp³-hybridized carbons (Fsp3) is 0.882. The van der Waals surface area contributed by atoms with E-state index in [1.165, 1.54) is 26.2 Å². The second-order valence-corrected chi connectivity index (χ2v) is 7.03. The number of nitrogens with one attached hydrogen (secondary N) is 2. The van der Waals surface area contributed by atoms with Crippen LogP contribution in [-0.2, 0) is 4.79 Å². The Kier molecular flexibility index (Phi) is 8.21. The first-order valence-electron chi connectivity index (χ1n) is 9.48. The van der Waals surface area contributed by atoms with E-state index < -0.39 is 0 Å². The van der Waals surface area contributed by atoms with Crippen LogP contribution in [-0.4, -0.2) is 97.6 Å². The molecule has 0 radical (unpaired) electrons. The molecule has 4 aliphatic heterocycles. The number of halogens is 1. The fourth-order valence-electron chi connectivity index (χ4n) is 3.94. The summed E-state index contributed by atoms with van der Waals surface area (Å²) in [6.07, 6.45) is 1.59. The van der Waals surface area contributed by atoms with E-state index in [0.29, 0.717) is 18.5 Å². The van der Waals surface area contributed by atoms with Crippen molar-refractivity contribution in [3.8, 4) is 0 Å². The summed E-state index contributed by atoms with van der Waals surface area (Å²) in [6, 6.07) is 0.856. The molecule has 0 aromatic heterocycles. The Hall–Kier alpha value is -0.610. The van der Waals surface area contributed by atoms with E-state index in [4.69, 9.17) is 4.99 Å². The van der Waals surface area contributed by atoms with Gasteiger partial charge in [-0.25, -0.2) is 0 Å². The van der Waals surface area contributed by atoms with Gasteiger partial charge in [-0.3, -0.25) is 19.6 Å². The SMILES string of the molecule is CCNC(=NCC1CN2CCN1CC2)NC1CCN(C(=O)CC)C1.I. The molecule has 0 spiro atoms. The molecule has 0 aromatic carbocycles. The average Bonchev–Trinajstić information content (AvgIpc) is 3.09. The highest BCUT2D eigenvalue weighted by Crippen LogP contribution is 2.16. The third kappa shape index (κ3) is 5.43. The average molecular weight is 464 g/mol. The number of amides is 1. The zero-order valence-electron chi connectivity index (χ0n) is 15.5. The van der Waals surface area contributed by atoms with E-state index in [2.05, 4.69) is 27.4 Å². The van der Waals surface area contributed by atoms with Gasteiger partial charge in [0.05, 0.1) is 6.54 Å². The molecule has 1 amide bonds. The molecule has 8 heteroatoms. The third-order valence-electron chi connectivity index (χ3n) is 5.38. The van der Waals surface area contributed by atoms with Crippen LogP contribution in [0.3, 0.4) is 0 Å². The lowest BCUT2D eigenvalue weighted by Crippen LogP contribution is -2.62. The van der Waals surface area contributed by atoms with Crippen molar-refractivity contribution >= 4 is 35.8 Å². The molecule has 2 bridgehead atoms. The number of likely N-dealkylation sites (tertiary alicyclic amines) is 1. The predicted molar refractivity (Wildman–Crippen MR) is 112 cm³/mol. The summed E-state index contributed by atoms with van der Waals surface area (Å²) in [5, 5.41) is 6.88. The first kappa shape index (κ1) is 20.7. The van der Waals surface area contributed by atoms with Crippen LogP contribution < -0.4 is 10.6 Å². The molecule has 2 N–H and O–H groups in total. The molecule has 144 valence electrons. The van der Waals surface area contributed by atoms with E-state index in [1.807, 2.05) is 11.8 Å². The number of carbonyl (C=O) groups excluding carboxylic acids is 1. The van der Waals surface area contributed by atoms with Crippen LogP contribution in [0.1, 0.15) is 26.7 Å². The van der Waals surface area contributed by atoms with Crippen LogP contribution in [0.5, 0.6) is 0 Å². The predicted octanol–water partition coefficient (Wildman–Crippen LogP) is 0.170. The second-order valence-electron chi connectivity index (χ2n) is 7.03. The van der Waals surface area contributed by atoms with Gasteiger partial charge in [-0.05, 0) is 13.3 Å². The number of carbonyl (C=O) groups is 1. The Labute approximate surface area is 168 Å². The zero-order valence-corrected chi connectivity index (χ0v) is 17.9. The Balaban J connectivity index is 0.00000225. The monoisotopic (exact) mass is 464 g/mol. The van der Waals surface area contributed by atoms with E-state index in [-0.39, 0.29) is 29.9 Å².